The molecule has 0 fully saturated rings. The summed E-state index contributed by atoms with van der Waals surface area (Å²) in [5, 5.41) is 10.8. The van der Waals surface area contributed by atoms with Gasteiger partial charge in [0.2, 0.25) is 0 Å². The molecular weight excluding hydrogens is 328 g/mol. The summed E-state index contributed by atoms with van der Waals surface area (Å²) in [5.74, 6) is 0.226. The van der Waals surface area contributed by atoms with Gasteiger partial charge in [0.1, 0.15) is 17.0 Å². The number of benzene rings is 2. The first-order valence-corrected chi connectivity index (χ1v) is 8.86. The first-order chi connectivity index (χ1) is 11.6. The minimum absolute atomic E-state index is 0.131. The summed E-state index contributed by atoms with van der Waals surface area (Å²) < 4.78 is 31.3. The average molecular weight is 344 g/mol. The van der Waals surface area contributed by atoms with Crippen LogP contribution in [0.25, 0.3) is 5.69 Å². The zero-order valence-corrected chi connectivity index (χ0v) is 13.8. The molecule has 0 aliphatic rings. The van der Waals surface area contributed by atoms with Crippen LogP contribution in [0.2, 0.25) is 0 Å². The maximum Gasteiger partial charge on any atom is 0.339 e. The molecule has 3 aromatic rings. The summed E-state index contributed by atoms with van der Waals surface area (Å²) in [7, 11) is -3.86. The molecule has 0 radical (unpaired) electrons. The van der Waals surface area contributed by atoms with Gasteiger partial charge in [-0.3, -0.25) is 0 Å². The molecule has 0 aliphatic heterocycles. The Morgan fingerprint density at radius 3 is 2.33 bits per heavy atom. The van der Waals surface area contributed by atoms with E-state index in [9.17, 15) is 8.42 Å². The lowest BCUT2D eigenvalue weighted by Gasteiger charge is -2.08. The van der Waals surface area contributed by atoms with Crippen LogP contribution in [0.15, 0.2) is 59.8 Å². The molecule has 0 bridgehead atoms. The maximum absolute atomic E-state index is 12.3. The fraction of sp³-hybridized carbons (Fsp3) is 0.188. The summed E-state index contributed by atoms with van der Waals surface area (Å²) in [6.07, 6.45) is 3.38. The van der Waals surface area contributed by atoms with Crippen LogP contribution in [0.5, 0.6) is 5.75 Å². The largest absolute Gasteiger partial charge is 0.379 e. The first-order valence-electron chi connectivity index (χ1n) is 7.45. The van der Waals surface area contributed by atoms with Gasteiger partial charge in [0.15, 0.2) is 0 Å². The standard InChI is InChI=1S/C16H16N4O3S/c1-2-3-13-4-10-16(11-5-13)24(21,22)23-15-8-6-14(7-9-15)20-12-17-18-19-20/h4-12H,2-3H2,1H3. The third-order valence-electron chi connectivity index (χ3n) is 3.41. The molecule has 1 heterocycles. The van der Waals surface area contributed by atoms with Crippen molar-refractivity contribution in [2.75, 3.05) is 0 Å². The second kappa shape index (κ2) is 6.79. The van der Waals surface area contributed by atoms with E-state index in [2.05, 4.69) is 22.4 Å². The molecule has 0 unspecified atom stereocenters. The highest BCUT2D eigenvalue weighted by Crippen LogP contribution is 2.20. The van der Waals surface area contributed by atoms with Crippen molar-refractivity contribution in [3.05, 3.63) is 60.4 Å². The van der Waals surface area contributed by atoms with Crippen LogP contribution in [-0.4, -0.2) is 28.6 Å². The Morgan fingerprint density at radius 1 is 1.04 bits per heavy atom. The quantitative estimate of drug-likeness (QED) is 0.638. The van der Waals surface area contributed by atoms with Gasteiger partial charge in [0, 0.05) is 0 Å². The lowest BCUT2D eigenvalue weighted by Crippen LogP contribution is -2.09. The maximum atomic E-state index is 12.3. The van der Waals surface area contributed by atoms with Crippen molar-refractivity contribution in [3.63, 3.8) is 0 Å². The van der Waals surface area contributed by atoms with Crippen LogP contribution in [0.1, 0.15) is 18.9 Å². The molecule has 0 amide bonds. The van der Waals surface area contributed by atoms with E-state index in [1.165, 1.54) is 11.0 Å². The third-order valence-corrected chi connectivity index (χ3v) is 4.67. The molecule has 0 spiro atoms. The second-order valence-corrected chi connectivity index (χ2v) is 6.73. The van der Waals surface area contributed by atoms with E-state index in [4.69, 9.17) is 4.18 Å². The Labute approximate surface area is 140 Å². The van der Waals surface area contributed by atoms with Crippen LogP contribution in [0, 0.1) is 0 Å². The molecule has 0 N–H and O–H groups in total. The van der Waals surface area contributed by atoms with E-state index in [-0.39, 0.29) is 10.6 Å². The predicted molar refractivity (Wildman–Crippen MR) is 87.4 cm³/mol. The van der Waals surface area contributed by atoms with E-state index in [1.54, 1.807) is 48.5 Å². The van der Waals surface area contributed by atoms with Crippen molar-refractivity contribution in [3.8, 4) is 11.4 Å². The lowest BCUT2D eigenvalue weighted by atomic mass is 10.1. The van der Waals surface area contributed by atoms with Crippen LogP contribution in [0.4, 0.5) is 0 Å². The Balaban J connectivity index is 1.76. The predicted octanol–water partition coefficient (Wildman–Crippen LogP) is 2.38. The molecule has 8 heteroatoms. The number of tetrazole rings is 1. The molecule has 0 aliphatic carbocycles. The van der Waals surface area contributed by atoms with Crippen molar-refractivity contribution in [1.29, 1.82) is 0 Å². The number of hydrogen-bond acceptors (Lipinski definition) is 6. The molecule has 7 nitrogen and oxygen atoms in total. The van der Waals surface area contributed by atoms with E-state index < -0.39 is 10.1 Å². The lowest BCUT2D eigenvalue weighted by molar-refractivity contribution is 0.486. The van der Waals surface area contributed by atoms with Gasteiger partial charge < -0.3 is 4.18 Å². The number of aryl methyl sites for hydroxylation is 1. The number of hydrogen-bond donors (Lipinski definition) is 0. The van der Waals surface area contributed by atoms with E-state index in [0.29, 0.717) is 5.69 Å². The summed E-state index contributed by atoms with van der Waals surface area (Å²) in [5.41, 5.74) is 1.80. The Hall–Kier alpha value is -2.74. The zero-order valence-electron chi connectivity index (χ0n) is 13.0. The minimum atomic E-state index is -3.86. The highest BCUT2D eigenvalue weighted by Gasteiger charge is 2.16. The van der Waals surface area contributed by atoms with Gasteiger partial charge in [-0.1, -0.05) is 25.5 Å². The zero-order chi connectivity index (χ0) is 17.0. The molecular formula is C16H16N4O3S. The van der Waals surface area contributed by atoms with Gasteiger partial charge in [-0.2, -0.15) is 8.42 Å². The SMILES string of the molecule is CCCc1ccc(S(=O)(=O)Oc2ccc(-n3cnnn3)cc2)cc1. The summed E-state index contributed by atoms with van der Waals surface area (Å²) in [6, 6.07) is 13.2. The fourth-order valence-electron chi connectivity index (χ4n) is 2.22. The average Bonchev–Trinajstić information content (AvgIpc) is 3.10. The molecule has 3 rings (SSSR count). The molecule has 0 atom stereocenters. The van der Waals surface area contributed by atoms with Gasteiger partial charge in [-0.05, 0) is 58.8 Å². The Kier molecular flexibility index (Phi) is 4.57. The summed E-state index contributed by atoms with van der Waals surface area (Å²) in [4.78, 5) is 0.131. The third kappa shape index (κ3) is 3.60. The molecule has 1 aromatic heterocycles. The highest BCUT2D eigenvalue weighted by molar-refractivity contribution is 7.87. The van der Waals surface area contributed by atoms with E-state index in [0.717, 1.165) is 18.4 Å². The summed E-state index contributed by atoms with van der Waals surface area (Å²) in [6.45, 7) is 2.08. The number of rotatable bonds is 6. The molecule has 2 aromatic carbocycles. The van der Waals surface area contributed by atoms with Crippen molar-refractivity contribution in [1.82, 2.24) is 20.2 Å². The van der Waals surface area contributed by atoms with Crippen LogP contribution >= 0.6 is 0 Å². The summed E-state index contributed by atoms with van der Waals surface area (Å²) >= 11 is 0. The van der Waals surface area contributed by atoms with E-state index in [1.807, 2.05) is 0 Å². The molecule has 124 valence electrons. The molecule has 0 saturated heterocycles. The van der Waals surface area contributed by atoms with Crippen molar-refractivity contribution in [2.45, 2.75) is 24.7 Å². The molecule has 24 heavy (non-hydrogen) atoms. The minimum Gasteiger partial charge on any atom is -0.379 e. The van der Waals surface area contributed by atoms with E-state index >= 15 is 0 Å². The van der Waals surface area contributed by atoms with Gasteiger partial charge in [-0.25, -0.2) is 4.68 Å². The van der Waals surface area contributed by atoms with Gasteiger partial charge in [0.25, 0.3) is 0 Å². The second-order valence-electron chi connectivity index (χ2n) is 5.18. The van der Waals surface area contributed by atoms with Crippen LogP contribution in [0.3, 0.4) is 0 Å². The van der Waals surface area contributed by atoms with Gasteiger partial charge in [0.05, 0.1) is 5.69 Å². The monoisotopic (exact) mass is 344 g/mol. The van der Waals surface area contributed by atoms with Crippen LogP contribution in [-0.2, 0) is 16.5 Å². The Bertz CT molecular complexity index is 890. The fourth-order valence-corrected chi connectivity index (χ4v) is 3.15. The van der Waals surface area contributed by atoms with Crippen molar-refractivity contribution < 1.29 is 12.6 Å². The van der Waals surface area contributed by atoms with Gasteiger partial charge >= 0.3 is 10.1 Å². The molecule has 0 saturated carbocycles. The normalized spacial score (nSPS) is 11.4. The first kappa shape index (κ1) is 16.1. The van der Waals surface area contributed by atoms with Gasteiger partial charge in [-0.15, -0.1) is 5.10 Å². The van der Waals surface area contributed by atoms with Crippen molar-refractivity contribution in [2.24, 2.45) is 0 Å². The smallest absolute Gasteiger partial charge is 0.339 e. The Morgan fingerprint density at radius 2 is 1.75 bits per heavy atom. The van der Waals surface area contributed by atoms with Crippen molar-refractivity contribution >= 4 is 10.1 Å². The van der Waals surface area contributed by atoms with Crippen LogP contribution < -0.4 is 4.18 Å². The number of nitrogens with zero attached hydrogens (tertiary/aromatic N) is 4. The topological polar surface area (TPSA) is 87.0 Å². The highest BCUT2D eigenvalue weighted by atomic mass is 32.2. The number of aromatic nitrogens is 4.